The Labute approximate surface area is 129 Å². The molecule has 0 spiro atoms. The molecule has 2 aromatic rings. The molecule has 5 heteroatoms. The van der Waals surface area contributed by atoms with Crippen LogP contribution in [0.2, 0.25) is 0 Å². The molecule has 0 aliphatic carbocycles. The monoisotopic (exact) mass is 302 g/mol. The lowest BCUT2D eigenvalue weighted by molar-refractivity contribution is -0.364. The van der Waals surface area contributed by atoms with Gasteiger partial charge in [-0.05, 0) is 34.9 Å². The molecule has 0 radical (unpaired) electrons. The molecule has 1 amide bonds. The first kappa shape index (κ1) is 14.1. The van der Waals surface area contributed by atoms with Crippen molar-refractivity contribution in [2.75, 3.05) is 31.1 Å². The lowest BCUT2D eigenvalue weighted by Crippen LogP contribution is -2.50. The zero-order valence-corrected chi connectivity index (χ0v) is 12.8. The minimum absolute atomic E-state index is 0.276. The third kappa shape index (κ3) is 3.61. The predicted octanol–water partition coefficient (Wildman–Crippen LogP) is 1.84. The molecule has 4 nitrogen and oxygen atoms in total. The molecule has 0 atom stereocenters. The number of thiophene rings is 1. The molecular weight excluding hydrogens is 282 g/mol. The van der Waals surface area contributed by atoms with Gasteiger partial charge in [0.2, 0.25) is 5.91 Å². The largest absolute Gasteiger partial charge is 0.335 e. The molecule has 21 heavy (non-hydrogen) atoms. The van der Waals surface area contributed by atoms with Crippen LogP contribution in [0.3, 0.4) is 0 Å². The minimum Gasteiger partial charge on any atom is -0.335 e. The summed E-state index contributed by atoms with van der Waals surface area (Å²) in [5, 5.41) is 4.19. The van der Waals surface area contributed by atoms with Crippen LogP contribution in [-0.2, 0) is 11.2 Å². The summed E-state index contributed by atoms with van der Waals surface area (Å²) in [6, 6.07) is 8.19. The minimum atomic E-state index is 0.276. The second-order valence-electron chi connectivity index (χ2n) is 5.25. The molecule has 0 unspecified atom stereocenters. The summed E-state index contributed by atoms with van der Waals surface area (Å²) >= 11 is 1.69. The van der Waals surface area contributed by atoms with E-state index in [1.54, 1.807) is 11.3 Å². The molecule has 2 aromatic heterocycles. The quantitative estimate of drug-likeness (QED) is 0.864. The van der Waals surface area contributed by atoms with Crippen LogP contribution in [0.15, 0.2) is 41.2 Å². The first-order valence-electron chi connectivity index (χ1n) is 7.33. The van der Waals surface area contributed by atoms with Crippen LogP contribution < -0.4 is 9.88 Å². The van der Waals surface area contributed by atoms with Gasteiger partial charge in [0.1, 0.15) is 13.1 Å². The summed E-state index contributed by atoms with van der Waals surface area (Å²) in [4.78, 5) is 19.8. The van der Waals surface area contributed by atoms with E-state index in [1.165, 1.54) is 5.56 Å². The number of amides is 1. The van der Waals surface area contributed by atoms with Crippen LogP contribution in [0.5, 0.6) is 0 Å². The molecule has 3 heterocycles. The fraction of sp³-hybridized carbons (Fsp3) is 0.375. The molecule has 3 rings (SSSR count). The van der Waals surface area contributed by atoms with Gasteiger partial charge in [-0.1, -0.05) is 6.07 Å². The second-order valence-corrected chi connectivity index (χ2v) is 6.03. The Kier molecular flexibility index (Phi) is 4.50. The van der Waals surface area contributed by atoms with Gasteiger partial charge in [-0.25, -0.2) is 4.98 Å². The first-order chi connectivity index (χ1) is 10.3. The van der Waals surface area contributed by atoms with E-state index in [-0.39, 0.29) is 5.91 Å². The number of H-pyrrole nitrogens is 1. The summed E-state index contributed by atoms with van der Waals surface area (Å²) in [6.07, 6.45) is 3.41. The number of carbonyl (C=O) groups excluding carboxylic acids is 1. The van der Waals surface area contributed by atoms with Crippen molar-refractivity contribution in [3.63, 3.8) is 0 Å². The molecule has 1 fully saturated rings. The topological polar surface area (TPSA) is 37.7 Å². The first-order valence-corrected chi connectivity index (χ1v) is 8.28. The van der Waals surface area contributed by atoms with Crippen LogP contribution in [-0.4, -0.2) is 37.0 Å². The lowest BCUT2D eigenvalue weighted by atomic mass is 10.1. The number of carbonyl (C=O) groups is 1. The van der Waals surface area contributed by atoms with Gasteiger partial charge in [0.15, 0.2) is 0 Å². The highest BCUT2D eigenvalue weighted by Gasteiger charge is 2.25. The van der Waals surface area contributed by atoms with Gasteiger partial charge in [0.05, 0.1) is 19.3 Å². The Hall–Kier alpha value is -1.88. The highest BCUT2D eigenvalue weighted by molar-refractivity contribution is 7.07. The molecule has 1 N–H and O–H groups in total. The van der Waals surface area contributed by atoms with Crippen molar-refractivity contribution < 1.29 is 9.78 Å². The van der Waals surface area contributed by atoms with Crippen LogP contribution in [0.25, 0.3) is 0 Å². The number of anilines is 1. The number of nitrogens with one attached hydrogen (secondary N) is 1. The average Bonchev–Trinajstić information content (AvgIpc) is 3.07. The smallest absolute Gasteiger partial charge is 0.274 e. The standard InChI is InChI=1S/C16H19N3OS/c20-16(5-4-14-6-12-21-13-14)19-10-8-18(9-11-19)15-3-1-2-7-17-15/h1-3,6-7,12-13H,4-5,8-11H2/p+1. The maximum atomic E-state index is 12.2. The normalized spacial score (nSPS) is 15.2. The highest BCUT2D eigenvalue weighted by Crippen LogP contribution is 2.13. The SMILES string of the molecule is O=C(CCc1ccsc1)N1CCN(c2cccc[nH+]2)CC1. The number of aromatic nitrogens is 1. The van der Waals surface area contributed by atoms with Gasteiger partial charge in [-0.3, -0.25) is 9.69 Å². The highest BCUT2D eigenvalue weighted by atomic mass is 32.1. The molecule has 0 saturated carbocycles. The number of pyridine rings is 1. The van der Waals surface area contributed by atoms with E-state index in [2.05, 4.69) is 32.8 Å². The number of aryl methyl sites for hydroxylation is 1. The third-order valence-corrected chi connectivity index (χ3v) is 4.61. The molecular formula is C16H20N3OS+. The summed E-state index contributed by atoms with van der Waals surface area (Å²) in [7, 11) is 0. The number of rotatable bonds is 4. The Balaban J connectivity index is 1.48. The van der Waals surface area contributed by atoms with E-state index >= 15 is 0 Å². The van der Waals surface area contributed by atoms with E-state index in [0.29, 0.717) is 6.42 Å². The number of hydrogen-bond donors (Lipinski definition) is 0. The predicted molar refractivity (Wildman–Crippen MR) is 84.4 cm³/mol. The molecule has 0 bridgehead atoms. The number of piperazine rings is 1. The van der Waals surface area contributed by atoms with Crippen molar-refractivity contribution >= 4 is 23.1 Å². The maximum absolute atomic E-state index is 12.2. The van der Waals surface area contributed by atoms with Crippen LogP contribution in [0.1, 0.15) is 12.0 Å². The molecule has 110 valence electrons. The van der Waals surface area contributed by atoms with Crippen LogP contribution in [0.4, 0.5) is 5.82 Å². The van der Waals surface area contributed by atoms with Crippen LogP contribution >= 0.6 is 11.3 Å². The van der Waals surface area contributed by atoms with E-state index in [9.17, 15) is 4.79 Å². The summed E-state index contributed by atoms with van der Waals surface area (Å²) in [6.45, 7) is 3.41. The Morgan fingerprint density at radius 1 is 1.19 bits per heavy atom. The zero-order valence-electron chi connectivity index (χ0n) is 12.0. The Morgan fingerprint density at radius 2 is 2.05 bits per heavy atom. The van der Waals surface area contributed by atoms with Crippen molar-refractivity contribution in [3.8, 4) is 0 Å². The van der Waals surface area contributed by atoms with Gasteiger partial charge < -0.3 is 4.90 Å². The second kappa shape index (κ2) is 6.72. The maximum Gasteiger partial charge on any atom is 0.274 e. The van der Waals surface area contributed by atoms with Crippen molar-refractivity contribution in [3.05, 3.63) is 46.8 Å². The van der Waals surface area contributed by atoms with Crippen molar-refractivity contribution in [2.24, 2.45) is 0 Å². The van der Waals surface area contributed by atoms with E-state index in [1.807, 2.05) is 23.2 Å². The number of hydrogen-bond acceptors (Lipinski definition) is 3. The van der Waals surface area contributed by atoms with E-state index in [4.69, 9.17) is 0 Å². The van der Waals surface area contributed by atoms with Crippen molar-refractivity contribution in [1.29, 1.82) is 0 Å². The summed E-state index contributed by atoms with van der Waals surface area (Å²) in [5.74, 6) is 1.40. The van der Waals surface area contributed by atoms with Crippen molar-refractivity contribution in [2.45, 2.75) is 12.8 Å². The fourth-order valence-electron chi connectivity index (χ4n) is 2.62. The van der Waals surface area contributed by atoms with Gasteiger partial charge in [-0.2, -0.15) is 11.3 Å². The summed E-state index contributed by atoms with van der Waals surface area (Å²) in [5.41, 5.74) is 1.27. The summed E-state index contributed by atoms with van der Waals surface area (Å²) < 4.78 is 0. The van der Waals surface area contributed by atoms with Gasteiger partial charge in [-0.15, -0.1) is 0 Å². The third-order valence-electron chi connectivity index (χ3n) is 3.87. The fourth-order valence-corrected chi connectivity index (χ4v) is 3.32. The Morgan fingerprint density at radius 3 is 2.71 bits per heavy atom. The molecule has 1 aliphatic heterocycles. The van der Waals surface area contributed by atoms with Crippen LogP contribution in [0, 0.1) is 0 Å². The van der Waals surface area contributed by atoms with Gasteiger partial charge >= 0.3 is 0 Å². The van der Waals surface area contributed by atoms with E-state index in [0.717, 1.165) is 38.4 Å². The van der Waals surface area contributed by atoms with Gasteiger partial charge in [0, 0.05) is 12.5 Å². The number of aromatic amines is 1. The van der Waals surface area contributed by atoms with E-state index < -0.39 is 0 Å². The molecule has 1 saturated heterocycles. The zero-order chi connectivity index (χ0) is 14.5. The molecule has 1 aliphatic rings. The average molecular weight is 302 g/mol. The number of nitrogens with zero attached hydrogens (tertiary/aromatic N) is 2. The van der Waals surface area contributed by atoms with Gasteiger partial charge in [0.25, 0.3) is 5.82 Å². The molecule has 0 aromatic carbocycles. The lowest BCUT2D eigenvalue weighted by Gasteiger charge is -2.31. The van der Waals surface area contributed by atoms with Crippen molar-refractivity contribution in [1.82, 2.24) is 4.90 Å². The Bertz CT molecular complexity index is 562.